The van der Waals surface area contributed by atoms with Crippen LogP contribution in [0.25, 0.3) is 0 Å². The molecular formula is C19H21N3O4S. The van der Waals surface area contributed by atoms with E-state index in [0.717, 1.165) is 25.0 Å². The minimum atomic E-state index is -3.87. The minimum Gasteiger partial charge on any atom is -0.495 e. The van der Waals surface area contributed by atoms with Crippen molar-refractivity contribution in [2.75, 3.05) is 11.8 Å². The third-order valence-electron chi connectivity index (χ3n) is 4.14. The van der Waals surface area contributed by atoms with Crippen LogP contribution >= 0.6 is 0 Å². The molecule has 0 unspecified atom stereocenters. The zero-order chi connectivity index (χ0) is 19.3. The van der Waals surface area contributed by atoms with Gasteiger partial charge in [-0.15, -0.1) is 0 Å². The van der Waals surface area contributed by atoms with Gasteiger partial charge in [0.1, 0.15) is 5.75 Å². The fourth-order valence-electron chi connectivity index (χ4n) is 2.73. The highest BCUT2D eigenvalue weighted by Gasteiger charge is 2.18. The van der Waals surface area contributed by atoms with E-state index >= 15 is 0 Å². The Labute approximate surface area is 158 Å². The van der Waals surface area contributed by atoms with E-state index in [2.05, 4.69) is 15.6 Å². The van der Waals surface area contributed by atoms with Gasteiger partial charge < -0.3 is 10.2 Å². The first-order chi connectivity index (χ1) is 13.0. The summed E-state index contributed by atoms with van der Waals surface area (Å²) >= 11 is 0. The number of carbonyl (C=O) groups excluding carboxylic acids is 1. The van der Waals surface area contributed by atoms with Gasteiger partial charge in [0, 0.05) is 11.3 Å². The van der Waals surface area contributed by atoms with Crippen LogP contribution in [0.4, 0.5) is 5.69 Å². The summed E-state index contributed by atoms with van der Waals surface area (Å²) in [6.45, 7) is 0. The Bertz CT molecular complexity index is 970. The average molecular weight is 387 g/mol. The molecule has 0 bridgehead atoms. The second-order valence-corrected chi connectivity index (χ2v) is 7.72. The Morgan fingerprint density at radius 3 is 2.67 bits per heavy atom. The fraction of sp³-hybridized carbons (Fsp3) is 0.211. The van der Waals surface area contributed by atoms with E-state index in [9.17, 15) is 13.2 Å². The number of carbonyl (C=O) groups is 1. The number of hydrazine groups is 1. The van der Waals surface area contributed by atoms with Crippen LogP contribution in [0.1, 0.15) is 29.6 Å². The predicted molar refractivity (Wildman–Crippen MR) is 103 cm³/mol. The van der Waals surface area contributed by atoms with Gasteiger partial charge in [-0.2, -0.15) is 0 Å². The van der Waals surface area contributed by atoms with E-state index in [1.54, 1.807) is 30.3 Å². The topological polar surface area (TPSA) is 96.5 Å². The van der Waals surface area contributed by atoms with E-state index in [-0.39, 0.29) is 10.5 Å². The Morgan fingerprint density at radius 1 is 1.11 bits per heavy atom. The van der Waals surface area contributed by atoms with Crippen molar-refractivity contribution in [1.82, 2.24) is 10.9 Å². The molecule has 3 rings (SSSR count). The molecule has 0 atom stereocenters. The monoisotopic (exact) mass is 387 g/mol. The molecule has 0 saturated heterocycles. The van der Waals surface area contributed by atoms with Gasteiger partial charge in [0.2, 0.25) is 0 Å². The van der Waals surface area contributed by atoms with Crippen LogP contribution in [0.5, 0.6) is 5.75 Å². The smallest absolute Gasteiger partial charge is 0.269 e. The van der Waals surface area contributed by atoms with Gasteiger partial charge in [-0.3, -0.25) is 14.9 Å². The maximum Gasteiger partial charge on any atom is 0.269 e. The molecule has 1 aliphatic rings. The van der Waals surface area contributed by atoms with E-state index in [4.69, 9.17) is 4.74 Å². The highest BCUT2D eigenvalue weighted by molar-refractivity contribution is 7.92. The van der Waals surface area contributed by atoms with Crippen LogP contribution in [0.15, 0.2) is 65.2 Å². The van der Waals surface area contributed by atoms with Crippen molar-refractivity contribution in [2.45, 2.75) is 24.2 Å². The highest BCUT2D eigenvalue weighted by atomic mass is 32.2. The largest absolute Gasteiger partial charge is 0.495 e. The minimum absolute atomic E-state index is 0.0128. The van der Waals surface area contributed by atoms with Gasteiger partial charge in [0.05, 0.1) is 17.7 Å². The number of sulfonamides is 1. The third-order valence-corrected chi connectivity index (χ3v) is 5.50. The zero-order valence-electron chi connectivity index (χ0n) is 14.9. The number of para-hydroxylation sites is 2. The SMILES string of the molecule is COc1ccccc1NS(=O)(=O)c1cccc(C(=O)NNC2=CCCC2)c1. The molecule has 2 aromatic rings. The normalized spacial score (nSPS) is 13.6. The van der Waals surface area contributed by atoms with Crippen molar-refractivity contribution in [3.05, 3.63) is 65.9 Å². The van der Waals surface area contributed by atoms with Crippen molar-refractivity contribution in [1.29, 1.82) is 0 Å². The number of hydrogen-bond acceptors (Lipinski definition) is 5. The molecule has 0 aliphatic heterocycles. The molecule has 27 heavy (non-hydrogen) atoms. The zero-order valence-corrected chi connectivity index (χ0v) is 15.7. The third kappa shape index (κ3) is 4.59. The van der Waals surface area contributed by atoms with Gasteiger partial charge in [0.25, 0.3) is 15.9 Å². The second kappa shape index (κ2) is 8.13. The number of benzene rings is 2. The molecule has 2 aromatic carbocycles. The molecule has 0 heterocycles. The maximum atomic E-state index is 12.7. The Balaban J connectivity index is 1.76. The predicted octanol–water partition coefficient (Wildman–Crippen LogP) is 2.80. The first-order valence-electron chi connectivity index (χ1n) is 8.51. The summed E-state index contributed by atoms with van der Waals surface area (Å²) in [7, 11) is -2.41. The van der Waals surface area contributed by atoms with Crippen molar-refractivity contribution >= 4 is 21.6 Å². The highest BCUT2D eigenvalue weighted by Crippen LogP contribution is 2.26. The number of ether oxygens (including phenoxy) is 1. The number of rotatable bonds is 7. The van der Waals surface area contributed by atoms with Crippen LogP contribution in [0, 0.1) is 0 Å². The standard InChI is InChI=1S/C19H21N3O4S/c1-26-18-12-5-4-11-17(18)22-27(24,25)16-10-6-7-14(13-16)19(23)21-20-15-8-2-3-9-15/h4-8,10-13,20,22H,2-3,9H2,1H3,(H,21,23). The lowest BCUT2D eigenvalue weighted by molar-refractivity contribution is 0.0938. The van der Waals surface area contributed by atoms with E-state index < -0.39 is 15.9 Å². The van der Waals surface area contributed by atoms with Crippen LogP contribution < -0.4 is 20.3 Å². The molecular weight excluding hydrogens is 366 g/mol. The number of amides is 1. The number of methoxy groups -OCH3 is 1. The Hall–Kier alpha value is -3.00. The first kappa shape index (κ1) is 18.8. The summed E-state index contributed by atoms with van der Waals surface area (Å²) in [5.74, 6) is 0.00107. The van der Waals surface area contributed by atoms with Gasteiger partial charge in [0.15, 0.2) is 0 Å². The summed E-state index contributed by atoms with van der Waals surface area (Å²) in [5, 5.41) is 0. The second-order valence-electron chi connectivity index (χ2n) is 6.03. The van der Waals surface area contributed by atoms with E-state index in [1.807, 2.05) is 6.08 Å². The molecule has 3 N–H and O–H groups in total. The van der Waals surface area contributed by atoms with Gasteiger partial charge >= 0.3 is 0 Å². The summed E-state index contributed by atoms with van der Waals surface area (Å²) in [6.07, 6.45) is 4.96. The number of allylic oxidation sites excluding steroid dienone is 2. The summed E-state index contributed by atoms with van der Waals surface area (Å²) in [5.41, 5.74) is 6.99. The van der Waals surface area contributed by atoms with Crippen LogP contribution in [0.3, 0.4) is 0 Å². The van der Waals surface area contributed by atoms with Crippen LogP contribution in [0.2, 0.25) is 0 Å². The number of hydrogen-bond donors (Lipinski definition) is 3. The molecule has 8 heteroatoms. The molecule has 0 spiro atoms. The van der Waals surface area contributed by atoms with E-state index in [0.29, 0.717) is 11.4 Å². The lowest BCUT2D eigenvalue weighted by Gasteiger charge is -2.13. The summed E-state index contributed by atoms with van der Waals surface area (Å²) in [6, 6.07) is 12.6. The molecule has 0 radical (unpaired) electrons. The molecule has 1 aliphatic carbocycles. The van der Waals surface area contributed by atoms with Crippen LogP contribution in [-0.2, 0) is 10.0 Å². The molecule has 1 amide bonds. The quantitative estimate of drug-likeness (QED) is 0.635. The van der Waals surface area contributed by atoms with Gasteiger partial charge in [-0.05, 0) is 49.6 Å². The average Bonchev–Trinajstić information content (AvgIpc) is 3.20. The number of nitrogens with one attached hydrogen (secondary N) is 3. The van der Waals surface area contributed by atoms with Crippen molar-refractivity contribution in [3.8, 4) is 5.75 Å². The van der Waals surface area contributed by atoms with Crippen molar-refractivity contribution in [3.63, 3.8) is 0 Å². The van der Waals surface area contributed by atoms with Gasteiger partial charge in [-0.1, -0.05) is 24.3 Å². The number of anilines is 1. The van der Waals surface area contributed by atoms with Gasteiger partial charge in [-0.25, -0.2) is 8.42 Å². The maximum absolute atomic E-state index is 12.7. The summed E-state index contributed by atoms with van der Waals surface area (Å²) < 4.78 is 33.0. The molecule has 0 fully saturated rings. The summed E-state index contributed by atoms with van der Waals surface area (Å²) in [4.78, 5) is 12.3. The fourth-order valence-corrected chi connectivity index (χ4v) is 3.85. The lowest BCUT2D eigenvalue weighted by atomic mass is 10.2. The van der Waals surface area contributed by atoms with Crippen molar-refractivity contribution in [2.24, 2.45) is 0 Å². The lowest BCUT2D eigenvalue weighted by Crippen LogP contribution is -2.36. The molecule has 0 saturated carbocycles. The molecule has 142 valence electrons. The van der Waals surface area contributed by atoms with E-state index in [1.165, 1.54) is 25.3 Å². The Morgan fingerprint density at radius 2 is 1.93 bits per heavy atom. The van der Waals surface area contributed by atoms with Crippen LogP contribution in [-0.4, -0.2) is 21.4 Å². The van der Waals surface area contributed by atoms with Crippen molar-refractivity contribution < 1.29 is 17.9 Å². The molecule has 7 nitrogen and oxygen atoms in total. The first-order valence-corrected chi connectivity index (χ1v) is 9.99. The Kier molecular flexibility index (Phi) is 5.66. The molecule has 0 aromatic heterocycles.